The van der Waals surface area contributed by atoms with Crippen molar-refractivity contribution in [3.8, 4) is 0 Å². The number of hydrogen-bond donors (Lipinski definition) is 1. The van der Waals surface area contributed by atoms with Crippen LogP contribution in [0.2, 0.25) is 0 Å². The number of aliphatic carboxylic acids is 1. The summed E-state index contributed by atoms with van der Waals surface area (Å²) in [5, 5.41) is 14.0. The Labute approximate surface area is 102 Å². The molecule has 1 aromatic heterocycles. The monoisotopic (exact) mass is 236 g/mol. The van der Waals surface area contributed by atoms with Gasteiger partial charge in [-0.3, -0.25) is 4.68 Å². The third kappa shape index (κ3) is 1.66. The zero-order chi connectivity index (χ0) is 12.8. The van der Waals surface area contributed by atoms with E-state index in [-0.39, 0.29) is 5.92 Å². The van der Waals surface area contributed by atoms with Gasteiger partial charge in [-0.25, -0.2) is 4.79 Å². The van der Waals surface area contributed by atoms with Crippen LogP contribution in [0.25, 0.3) is 0 Å². The van der Waals surface area contributed by atoms with Crippen molar-refractivity contribution in [1.82, 2.24) is 9.78 Å². The Morgan fingerprint density at radius 2 is 2.12 bits per heavy atom. The molecule has 0 amide bonds. The maximum absolute atomic E-state index is 11.6. The van der Waals surface area contributed by atoms with Gasteiger partial charge in [-0.1, -0.05) is 6.92 Å². The number of nitrogens with zero attached hydrogens (tertiary/aromatic N) is 2. The Hall–Kier alpha value is -1.32. The molecule has 1 N–H and O–H groups in total. The largest absolute Gasteiger partial charge is 0.479 e. The summed E-state index contributed by atoms with van der Waals surface area (Å²) in [4.78, 5) is 11.6. The van der Waals surface area contributed by atoms with Crippen LogP contribution in [-0.4, -0.2) is 20.9 Å². The Bertz CT molecular complexity index is 460. The van der Waals surface area contributed by atoms with E-state index in [0.717, 1.165) is 30.7 Å². The highest BCUT2D eigenvalue weighted by atomic mass is 16.4. The van der Waals surface area contributed by atoms with Crippen molar-refractivity contribution in [2.75, 3.05) is 0 Å². The molecule has 1 saturated carbocycles. The van der Waals surface area contributed by atoms with E-state index in [0.29, 0.717) is 0 Å². The van der Waals surface area contributed by atoms with Crippen LogP contribution in [0.5, 0.6) is 0 Å². The van der Waals surface area contributed by atoms with Crippen LogP contribution in [0.4, 0.5) is 0 Å². The van der Waals surface area contributed by atoms with E-state index in [2.05, 4.69) is 12.0 Å². The van der Waals surface area contributed by atoms with Gasteiger partial charge in [0.05, 0.1) is 5.69 Å². The number of aromatic nitrogens is 2. The fraction of sp³-hybridized carbons (Fsp3) is 0.692. The summed E-state index contributed by atoms with van der Waals surface area (Å²) in [7, 11) is 0. The fourth-order valence-electron chi connectivity index (χ4n) is 2.72. The molecule has 4 nitrogen and oxygen atoms in total. The zero-order valence-corrected chi connectivity index (χ0v) is 10.9. The summed E-state index contributed by atoms with van der Waals surface area (Å²) in [6.07, 6.45) is 2.88. The zero-order valence-electron chi connectivity index (χ0n) is 10.9. The number of aryl methyl sites for hydroxylation is 1. The third-order valence-corrected chi connectivity index (χ3v) is 4.04. The quantitative estimate of drug-likeness (QED) is 0.872. The van der Waals surface area contributed by atoms with Crippen LogP contribution in [-0.2, 0) is 16.8 Å². The fourth-order valence-corrected chi connectivity index (χ4v) is 2.72. The maximum atomic E-state index is 11.6. The second-order valence-electron chi connectivity index (χ2n) is 5.14. The third-order valence-electron chi connectivity index (χ3n) is 4.04. The Morgan fingerprint density at radius 3 is 2.47 bits per heavy atom. The first-order valence-corrected chi connectivity index (χ1v) is 6.21. The smallest absolute Gasteiger partial charge is 0.331 e. The summed E-state index contributed by atoms with van der Waals surface area (Å²) >= 11 is 0. The molecule has 1 fully saturated rings. The molecule has 1 aromatic rings. The highest BCUT2D eigenvalue weighted by molar-refractivity contribution is 5.77. The van der Waals surface area contributed by atoms with E-state index >= 15 is 0 Å². The summed E-state index contributed by atoms with van der Waals surface area (Å²) in [5.74, 6) is -0.545. The number of rotatable bonds is 4. The van der Waals surface area contributed by atoms with E-state index in [1.54, 1.807) is 11.6 Å². The van der Waals surface area contributed by atoms with E-state index in [1.807, 2.05) is 13.8 Å². The molecular weight excluding hydrogens is 216 g/mol. The van der Waals surface area contributed by atoms with Crippen LogP contribution >= 0.6 is 0 Å². The summed E-state index contributed by atoms with van der Waals surface area (Å²) in [5.41, 5.74) is 2.26. The molecule has 4 heteroatoms. The molecule has 1 aliphatic rings. The molecule has 1 aliphatic carbocycles. The van der Waals surface area contributed by atoms with Crippen LogP contribution in [0, 0.1) is 19.8 Å². The van der Waals surface area contributed by atoms with Crippen molar-refractivity contribution >= 4 is 5.97 Å². The predicted octanol–water partition coefficient (Wildman–Crippen LogP) is 2.27. The van der Waals surface area contributed by atoms with Gasteiger partial charge in [-0.15, -0.1) is 0 Å². The second-order valence-corrected chi connectivity index (χ2v) is 5.14. The number of hydrogen-bond acceptors (Lipinski definition) is 2. The molecule has 0 saturated heterocycles. The van der Waals surface area contributed by atoms with Crippen molar-refractivity contribution in [2.24, 2.45) is 5.92 Å². The number of carbonyl (C=O) groups is 1. The summed E-state index contributed by atoms with van der Waals surface area (Å²) < 4.78 is 1.74. The Kier molecular flexibility index (Phi) is 2.76. The van der Waals surface area contributed by atoms with Crippen LogP contribution in [0.15, 0.2) is 0 Å². The standard InChI is InChI=1S/C13H20N2O2/c1-5-11-8(2)14-15(9(11)3)13(4,12(16)17)10-6-7-10/h10H,5-7H2,1-4H3,(H,16,17). The molecule has 2 rings (SSSR count). The van der Waals surface area contributed by atoms with Gasteiger partial charge >= 0.3 is 5.97 Å². The molecule has 1 atom stereocenters. The molecule has 0 bridgehead atoms. The van der Waals surface area contributed by atoms with Gasteiger partial charge in [0.25, 0.3) is 0 Å². The first-order valence-electron chi connectivity index (χ1n) is 6.21. The SMILES string of the molecule is CCc1c(C)nn(C(C)(C(=O)O)C2CC2)c1C. The van der Waals surface area contributed by atoms with Gasteiger partial charge in [0.1, 0.15) is 0 Å². The first kappa shape index (κ1) is 12.1. The first-order chi connectivity index (χ1) is 7.92. The minimum absolute atomic E-state index is 0.225. The van der Waals surface area contributed by atoms with Gasteiger partial charge in [0.2, 0.25) is 0 Å². The van der Waals surface area contributed by atoms with Crippen molar-refractivity contribution in [1.29, 1.82) is 0 Å². The number of carboxylic acid groups (broad SMARTS) is 1. The van der Waals surface area contributed by atoms with E-state index < -0.39 is 11.5 Å². The van der Waals surface area contributed by atoms with Gasteiger partial charge in [0, 0.05) is 5.69 Å². The van der Waals surface area contributed by atoms with Crippen molar-refractivity contribution in [2.45, 2.75) is 52.5 Å². The predicted molar refractivity (Wildman–Crippen MR) is 65.1 cm³/mol. The molecule has 1 heterocycles. The van der Waals surface area contributed by atoms with E-state index in [1.165, 1.54) is 5.56 Å². The minimum Gasteiger partial charge on any atom is -0.479 e. The molecule has 0 aliphatic heterocycles. The molecule has 0 aromatic carbocycles. The van der Waals surface area contributed by atoms with Crippen molar-refractivity contribution in [3.63, 3.8) is 0 Å². The number of carboxylic acids is 1. The molecular formula is C13H20N2O2. The average Bonchev–Trinajstić information content (AvgIpc) is 3.05. The van der Waals surface area contributed by atoms with Gasteiger partial charge in [-0.05, 0) is 51.5 Å². The van der Waals surface area contributed by atoms with Gasteiger partial charge < -0.3 is 5.11 Å². The van der Waals surface area contributed by atoms with E-state index in [9.17, 15) is 9.90 Å². The Morgan fingerprint density at radius 1 is 1.53 bits per heavy atom. The van der Waals surface area contributed by atoms with Crippen molar-refractivity contribution in [3.05, 3.63) is 17.0 Å². The van der Waals surface area contributed by atoms with Gasteiger partial charge in [-0.2, -0.15) is 5.10 Å². The van der Waals surface area contributed by atoms with Gasteiger partial charge in [0.15, 0.2) is 5.54 Å². The lowest BCUT2D eigenvalue weighted by Gasteiger charge is -2.27. The average molecular weight is 236 g/mol. The summed E-state index contributed by atoms with van der Waals surface area (Å²) in [6.45, 7) is 7.81. The second kappa shape index (κ2) is 3.86. The molecule has 0 radical (unpaired) electrons. The molecule has 17 heavy (non-hydrogen) atoms. The molecule has 94 valence electrons. The normalized spacial score (nSPS) is 19.1. The highest BCUT2D eigenvalue weighted by Gasteiger charge is 2.50. The molecule has 1 unspecified atom stereocenters. The van der Waals surface area contributed by atoms with E-state index in [4.69, 9.17) is 0 Å². The van der Waals surface area contributed by atoms with Crippen molar-refractivity contribution < 1.29 is 9.90 Å². The lowest BCUT2D eigenvalue weighted by atomic mass is 9.95. The maximum Gasteiger partial charge on any atom is 0.331 e. The Balaban J connectivity index is 2.54. The summed E-state index contributed by atoms with van der Waals surface area (Å²) in [6, 6.07) is 0. The topological polar surface area (TPSA) is 55.1 Å². The van der Waals surface area contributed by atoms with Crippen LogP contribution in [0.1, 0.15) is 43.6 Å². The lowest BCUT2D eigenvalue weighted by molar-refractivity contribution is -0.148. The van der Waals surface area contributed by atoms with Crippen LogP contribution < -0.4 is 0 Å². The lowest BCUT2D eigenvalue weighted by Crippen LogP contribution is -2.42. The highest BCUT2D eigenvalue weighted by Crippen LogP contribution is 2.45. The van der Waals surface area contributed by atoms with Crippen LogP contribution in [0.3, 0.4) is 0 Å². The minimum atomic E-state index is -0.873. The molecule has 0 spiro atoms.